The highest BCUT2D eigenvalue weighted by Gasteiger charge is 2.29. The minimum Gasteiger partial charge on any atom is -0.465 e. The first-order valence-electron chi connectivity index (χ1n) is 4.69. The maximum absolute atomic E-state index is 11.4. The zero-order valence-corrected chi connectivity index (χ0v) is 9.10. The highest BCUT2D eigenvalue weighted by atomic mass is 32.1. The van der Waals surface area contributed by atoms with Gasteiger partial charge in [-0.1, -0.05) is 0 Å². The molecule has 1 heterocycles. The molecule has 0 saturated heterocycles. The second-order valence-corrected chi connectivity index (χ2v) is 4.50. The van der Waals surface area contributed by atoms with Crippen LogP contribution in [0.5, 0.6) is 0 Å². The molecule has 0 spiro atoms. The second kappa shape index (κ2) is 4.02. The molecule has 0 atom stereocenters. The van der Waals surface area contributed by atoms with Crippen molar-refractivity contribution < 1.29 is 14.3 Å². The van der Waals surface area contributed by atoms with Crippen molar-refractivity contribution in [1.29, 1.82) is 0 Å². The van der Waals surface area contributed by atoms with Crippen LogP contribution in [-0.4, -0.2) is 19.0 Å². The summed E-state index contributed by atoms with van der Waals surface area (Å²) in [5.74, 6) is -0.145. The fourth-order valence-electron chi connectivity index (χ4n) is 1.18. The first kappa shape index (κ1) is 10.2. The number of esters is 1. The Hall–Kier alpha value is -1.36. The number of hydrogen-bond donors (Lipinski definition) is 1. The lowest BCUT2D eigenvalue weighted by Crippen LogP contribution is -2.11. The van der Waals surface area contributed by atoms with Crippen molar-refractivity contribution in [2.45, 2.75) is 12.8 Å². The van der Waals surface area contributed by atoms with E-state index in [1.807, 2.05) is 0 Å². The zero-order valence-electron chi connectivity index (χ0n) is 8.28. The van der Waals surface area contributed by atoms with Gasteiger partial charge in [-0.3, -0.25) is 4.79 Å². The third-order valence-electron chi connectivity index (χ3n) is 2.19. The van der Waals surface area contributed by atoms with Crippen LogP contribution in [0.1, 0.15) is 22.5 Å². The topological polar surface area (TPSA) is 55.4 Å². The summed E-state index contributed by atoms with van der Waals surface area (Å²) < 4.78 is 4.57. The Morgan fingerprint density at radius 3 is 2.80 bits per heavy atom. The smallest absolute Gasteiger partial charge is 0.348 e. The van der Waals surface area contributed by atoms with Gasteiger partial charge in [0.1, 0.15) is 4.88 Å². The summed E-state index contributed by atoms with van der Waals surface area (Å²) in [6.45, 7) is 0. The summed E-state index contributed by atoms with van der Waals surface area (Å²) in [6, 6.07) is 3.37. The molecule has 1 saturated carbocycles. The van der Waals surface area contributed by atoms with E-state index in [0.717, 1.165) is 12.8 Å². The molecule has 0 aliphatic heterocycles. The molecule has 5 heteroatoms. The number of ether oxygens (including phenoxy) is 1. The first-order chi connectivity index (χ1) is 7.20. The average molecular weight is 225 g/mol. The molecule has 0 radical (unpaired) electrons. The summed E-state index contributed by atoms with van der Waals surface area (Å²) in [4.78, 5) is 23.0. The molecule has 1 aromatic rings. The van der Waals surface area contributed by atoms with Gasteiger partial charge in [-0.05, 0) is 25.0 Å². The Bertz CT molecular complexity index is 395. The van der Waals surface area contributed by atoms with E-state index in [-0.39, 0.29) is 17.8 Å². The third kappa shape index (κ3) is 2.36. The van der Waals surface area contributed by atoms with Crippen molar-refractivity contribution in [1.82, 2.24) is 0 Å². The molecule has 1 aliphatic rings. The Morgan fingerprint density at radius 2 is 2.20 bits per heavy atom. The number of rotatable bonds is 3. The molecule has 2 rings (SSSR count). The van der Waals surface area contributed by atoms with Gasteiger partial charge in [0, 0.05) is 5.92 Å². The van der Waals surface area contributed by atoms with Crippen molar-refractivity contribution in [3.63, 3.8) is 0 Å². The monoisotopic (exact) mass is 225 g/mol. The van der Waals surface area contributed by atoms with Crippen molar-refractivity contribution >= 4 is 28.2 Å². The number of carbonyl (C=O) groups excluding carboxylic acids is 2. The van der Waals surface area contributed by atoms with E-state index < -0.39 is 0 Å². The van der Waals surface area contributed by atoms with E-state index in [1.165, 1.54) is 18.4 Å². The fraction of sp³-hybridized carbons (Fsp3) is 0.400. The Kier molecular flexibility index (Phi) is 2.73. The summed E-state index contributed by atoms with van der Waals surface area (Å²) in [6.07, 6.45) is 1.95. The van der Waals surface area contributed by atoms with Gasteiger partial charge in [-0.25, -0.2) is 4.79 Å². The molecule has 0 unspecified atom stereocenters. The van der Waals surface area contributed by atoms with Gasteiger partial charge in [0.2, 0.25) is 5.91 Å². The van der Waals surface area contributed by atoms with Gasteiger partial charge >= 0.3 is 5.97 Å². The van der Waals surface area contributed by atoms with Crippen molar-refractivity contribution in [2.75, 3.05) is 12.4 Å². The van der Waals surface area contributed by atoms with E-state index in [1.54, 1.807) is 12.1 Å². The minimum absolute atomic E-state index is 0.0493. The second-order valence-electron chi connectivity index (χ2n) is 3.42. The minimum atomic E-state index is -0.369. The van der Waals surface area contributed by atoms with Gasteiger partial charge < -0.3 is 10.1 Å². The van der Waals surface area contributed by atoms with Crippen LogP contribution in [0.2, 0.25) is 0 Å². The van der Waals surface area contributed by atoms with Crippen LogP contribution >= 0.6 is 11.3 Å². The van der Waals surface area contributed by atoms with Crippen molar-refractivity contribution in [3.05, 3.63) is 17.0 Å². The van der Waals surface area contributed by atoms with E-state index in [2.05, 4.69) is 10.1 Å². The number of thiophene rings is 1. The van der Waals surface area contributed by atoms with Gasteiger partial charge in [0.05, 0.1) is 12.1 Å². The number of anilines is 1. The summed E-state index contributed by atoms with van der Waals surface area (Å²) in [7, 11) is 1.34. The quantitative estimate of drug-likeness (QED) is 0.799. The van der Waals surface area contributed by atoms with Crippen molar-refractivity contribution in [3.8, 4) is 0 Å². The first-order valence-corrected chi connectivity index (χ1v) is 5.51. The number of nitrogens with one attached hydrogen (secondary N) is 1. The van der Waals surface area contributed by atoms with E-state index in [9.17, 15) is 9.59 Å². The van der Waals surface area contributed by atoms with Gasteiger partial charge in [0.25, 0.3) is 0 Å². The highest BCUT2D eigenvalue weighted by Crippen LogP contribution is 2.31. The zero-order chi connectivity index (χ0) is 10.8. The predicted molar refractivity (Wildman–Crippen MR) is 57.0 cm³/mol. The number of methoxy groups -OCH3 is 1. The third-order valence-corrected chi connectivity index (χ3v) is 3.17. The summed E-state index contributed by atoms with van der Waals surface area (Å²) in [5.41, 5.74) is 0. The van der Waals surface area contributed by atoms with Crippen LogP contribution in [0.4, 0.5) is 5.00 Å². The Labute approximate surface area is 91.2 Å². The van der Waals surface area contributed by atoms with Gasteiger partial charge in [-0.15, -0.1) is 11.3 Å². The molecular formula is C10H11NO3S. The molecule has 80 valence electrons. The Balaban J connectivity index is 2.00. The normalized spacial score (nSPS) is 14.7. The predicted octanol–water partition coefficient (Wildman–Crippen LogP) is 1.88. The van der Waals surface area contributed by atoms with E-state index in [4.69, 9.17) is 0 Å². The van der Waals surface area contributed by atoms with Crippen molar-refractivity contribution in [2.24, 2.45) is 5.92 Å². The van der Waals surface area contributed by atoms with Crippen LogP contribution in [-0.2, 0) is 9.53 Å². The summed E-state index contributed by atoms with van der Waals surface area (Å²) >= 11 is 1.23. The lowest BCUT2D eigenvalue weighted by Gasteiger charge is -1.98. The standard InChI is InChI=1S/C10H11NO3S/c1-14-10(13)7-4-5-8(15-7)11-9(12)6-2-3-6/h4-6H,2-3H2,1H3,(H,11,12). The fourth-order valence-corrected chi connectivity index (χ4v) is 2.01. The van der Waals surface area contributed by atoms with Crippen LogP contribution in [0, 0.1) is 5.92 Å². The van der Waals surface area contributed by atoms with Crippen LogP contribution in [0.15, 0.2) is 12.1 Å². The molecule has 1 amide bonds. The van der Waals surface area contributed by atoms with Crippen LogP contribution in [0.3, 0.4) is 0 Å². The number of carbonyl (C=O) groups is 2. The van der Waals surface area contributed by atoms with E-state index in [0.29, 0.717) is 9.88 Å². The highest BCUT2D eigenvalue weighted by molar-refractivity contribution is 7.18. The largest absolute Gasteiger partial charge is 0.465 e. The van der Waals surface area contributed by atoms with Crippen LogP contribution in [0.25, 0.3) is 0 Å². The molecule has 0 aromatic carbocycles. The van der Waals surface area contributed by atoms with Crippen LogP contribution < -0.4 is 5.32 Å². The molecular weight excluding hydrogens is 214 g/mol. The van der Waals surface area contributed by atoms with Gasteiger partial charge in [0.15, 0.2) is 0 Å². The lowest BCUT2D eigenvalue weighted by molar-refractivity contribution is -0.117. The SMILES string of the molecule is COC(=O)c1ccc(NC(=O)C2CC2)s1. The molecule has 1 N–H and O–H groups in total. The maximum Gasteiger partial charge on any atom is 0.348 e. The molecule has 4 nitrogen and oxygen atoms in total. The maximum atomic E-state index is 11.4. The number of hydrogen-bond acceptors (Lipinski definition) is 4. The number of amides is 1. The average Bonchev–Trinajstić information content (AvgIpc) is 2.99. The lowest BCUT2D eigenvalue weighted by atomic mass is 10.4. The van der Waals surface area contributed by atoms with E-state index >= 15 is 0 Å². The molecule has 0 bridgehead atoms. The molecule has 1 aromatic heterocycles. The summed E-state index contributed by atoms with van der Waals surface area (Å²) in [5, 5.41) is 3.48. The molecule has 1 fully saturated rings. The molecule has 1 aliphatic carbocycles. The Morgan fingerprint density at radius 1 is 1.47 bits per heavy atom. The van der Waals surface area contributed by atoms with Gasteiger partial charge in [-0.2, -0.15) is 0 Å². The molecule has 15 heavy (non-hydrogen) atoms.